The summed E-state index contributed by atoms with van der Waals surface area (Å²) in [5.74, 6) is 0.282. The summed E-state index contributed by atoms with van der Waals surface area (Å²) >= 11 is 5.63. The van der Waals surface area contributed by atoms with E-state index in [-0.39, 0.29) is 11.6 Å². The number of carbonyl (C=O) groups is 1. The van der Waals surface area contributed by atoms with Gasteiger partial charge in [-0.2, -0.15) is 13.2 Å². The number of rotatable bonds is 9. The summed E-state index contributed by atoms with van der Waals surface area (Å²) in [4.78, 5) is 18.8. The number of nitrogens with one attached hydrogen (secondary N) is 2. The maximum Gasteiger partial charge on any atom is 0.417 e. The van der Waals surface area contributed by atoms with E-state index in [0.29, 0.717) is 25.5 Å². The number of pyridine rings is 1. The normalized spacial score (nSPS) is 14.9. The fourth-order valence-electron chi connectivity index (χ4n) is 4.18. The SMILES string of the molecule is COCCOCCC1CN(c2ccc(NC(=O)Nc3ccc(Cl)c(C(F)(F)F)c3)cc2)c2cnccc21. The van der Waals surface area contributed by atoms with Gasteiger partial charge in [0.2, 0.25) is 0 Å². The van der Waals surface area contributed by atoms with Gasteiger partial charge in [-0.25, -0.2) is 4.79 Å². The Morgan fingerprint density at radius 1 is 1.08 bits per heavy atom. The van der Waals surface area contributed by atoms with E-state index >= 15 is 0 Å². The van der Waals surface area contributed by atoms with Gasteiger partial charge in [0.05, 0.1) is 35.7 Å². The van der Waals surface area contributed by atoms with Crippen LogP contribution in [0.1, 0.15) is 23.5 Å². The first-order chi connectivity index (χ1) is 17.8. The molecule has 0 radical (unpaired) electrons. The molecule has 1 aromatic heterocycles. The third-order valence-electron chi connectivity index (χ3n) is 5.98. The second-order valence-electron chi connectivity index (χ2n) is 8.45. The number of methoxy groups -OCH3 is 1. The number of benzene rings is 2. The quantitative estimate of drug-likeness (QED) is 0.299. The second kappa shape index (κ2) is 11.8. The van der Waals surface area contributed by atoms with Crippen molar-refractivity contribution >= 4 is 40.4 Å². The second-order valence-corrected chi connectivity index (χ2v) is 8.86. The van der Waals surface area contributed by atoms with Crippen molar-refractivity contribution in [2.24, 2.45) is 0 Å². The van der Waals surface area contributed by atoms with E-state index in [1.165, 1.54) is 11.6 Å². The van der Waals surface area contributed by atoms with Crippen LogP contribution in [0.15, 0.2) is 60.9 Å². The molecule has 2 aromatic carbocycles. The molecule has 0 bridgehead atoms. The van der Waals surface area contributed by atoms with Crippen molar-refractivity contribution < 1.29 is 27.4 Å². The lowest BCUT2D eigenvalue weighted by atomic mass is 10.00. The van der Waals surface area contributed by atoms with E-state index in [0.717, 1.165) is 36.5 Å². The monoisotopic (exact) mass is 534 g/mol. The van der Waals surface area contributed by atoms with Crippen LogP contribution in [-0.4, -0.2) is 44.5 Å². The number of alkyl halides is 3. The van der Waals surface area contributed by atoms with E-state index in [1.807, 2.05) is 24.4 Å². The Labute approximate surface area is 217 Å². The Kier molecular flexibility index (Phi) is 8.52. The first-order valence-corrected chi connectivity index (χ1v) is 12.0. The summed E-state index contributed by atoms with van der Waals surface area (Å²) in [5.41, 5.74) is 2.59. The van der Waals surface area contributed by atoms with Crippen LogP contribution < -0.4 is 15.5 Å². The average molecular weight is 535 g/mol. The molecule has 1 unspecified atom stereocenters. The molecule has 7 nitrogen and oxygen atoms in total. The van der Waals surface area contributed by atoms with Crippen LogP contribution in [0.4, 0.5) is 40.7 Å². The maximum absolute atomic E-state index is 13.1. The van der Waals surface area contributed by atoms with Crippen molar-refractivity contribution in [1.29, 1.82) is 0 Å². The van der Waals surface area contributed by atoms with Gasteiger partial charge in [0.25, 0.3) is 0 Å². The van der Waals surface area contributed by atoms with Gasteiger partial charge in [-0.05, 0) is 60.5 Å². The number of aromatic nitrogens is 1. The lowest BCUT2D eigenvalue weighted by Gasteiger charge is -2.20. The van der Waals surface area contributed by atoms with E-state index in [9.17, 15) is 18.0 Å². The van der Waals surface area contributed by atoms with Crippen molar-refractivity contribution in [2.75, 3.05) is 49.0 Å². The van der Waals surface area contributed by atoms with Gasteiger partial charge >= 0.3 is 12.2 Å². The molecule has 2 N–H and O–H groups in total. The fourth-order valence-corrected chi connectivity index (χ4v) is 4.41. The number of carbonyl (C=O) groups excluding carboxylic acids is 1. The van der Waals surface area contributed by atoms with Crippen molar-refractivity contribution in [3.8, 4) is 0 Å². The summed E-state index contributed by atoms with van der Waals surface area (Å²) in [6.07, 6.45) is -0.147. The highest BCUT2D eigenvalue weighted by molar-refractivity contribution is 6.31. The van der Waals surface area contributed by atoms with Crippen LogP contribution >= 0.6 is 11.6 Å². The van der Waals surface area contributed by atoms with Gasteiger partial charge < -0.3 is 25.0 Å². The molecular formula is C26H26ClF3N4O3. The molecule has 37 heavy (non-hydrogen) atoms. The van der Waals surface area contributed by atoms with Crippen LogP contribution in [0.3, 0.4) is 0 Å². The Morgan fingerprint density at radius 3 is 2.54 bits per heavy atom. The zero-order chi connectivity index (χ0) is 26.4. The molecule has 11 heteroatoms. The molecule has 2 amide bonds. The lowest BCUT2D eigenvalue weighted by Crippen LogP contribution is -2.20. The number of halogens is 4. The maximum atomic E-state index is 13.1. The number of nitrogens with zero attached hydrogens (tertiary/aromatic N) is 2. The number of amides is 2. The number of hydrogen-bond donors (Lipinski definition) is 2. The predicted molar refractivity (Wildman–Crippen MR) is 137 cm³/mol. The van der Waals surface area contributed by atoms with E-state index in [4.69, 9.17) is 21.1 Å². The topological polar surface area (TPSA) is 75.7 Å². The summed E-state index contributed by atoms with van der Waals surface area (Å²) in [7, 11) is 1.64. The smallest absolute Gasteiger partial charge is 0.382 e. The number of ether oxygens (including phenoxy) is 2. The molecular weight excluding hydrogens is 509 g/mol. The van der Waals surface area contributed by atoms with Crippen LogP contribution in [0, 0.1) is 0 Å². The Bertz CT molecular complexity index is 1220. The zero-order valence-corrected chi connectivity index (χ0v) is 20.8. The molecule has 1 aliphatic heterocycles. The fraction of sp³-hybridized carbons (Fsp3) is 0.308. The highest BCUT2D eigenvalue weighted by atomic mass is 35.5. The minimum atomic E-state index is -4.62. The predicted octanol–water partition coefficient (Wildman–Crippen LogP) is 6.69. The largest absolute Gasteiger partial charge is 0.417 e. The van der Waals surface area contributed by atoms with E-state index in [2.05, 4.69) is 20.5 Å². The molecule has 1 aliphatic rings. The van der Waals surface area contributed by atoms with Crippen molar-refractivity contribution in [3.05, 3.63) is 77.1 Å². The Morgan fingerprint density at radius 2 is 1.81 bits per heavy atom. The molecule has 0 aliphatic carbocycles. The van der Waals surface area contributed by atoms with Crippen LogP contribution in [0.25, 0.3) is 0 Å². The molecule has 0 saturated heterocycles. The van der Waals surface area contributed by atoms with E-state index in [1.54, 1.807) is 25.4 Å². The van der Waals surface area contributed by atoms with Gasteiger partial charge in [0.15, 0.2) is 0 Å². The van der Waals surface area contributed by atoms with Crippen LogP contribution in [0.5, 0.6) is 0 Å². The number of anilines is 4. The van der Waals surface area contributed by atoms with Gasteiger partial charge in [0, 0.05) is 49.4 Å². The average Bonchev–Trinajstić information content (AvgIpc) is 3.23. The zero-order valence-electron chi connectivity index (χ0n) is 20.0. The molecule has 0 fully saturated rings. The standard InChI is InChI=1S/C26H26ClF3N4O3/c1-36-12-13-37-11-9-17-16-34(24-15-31-10-8-21(17)24)20-5-2-18(3-6-20)32-25(35)33-19-4-7-23(27)22(14-19)26(28,29)30/h2-8,10,14-15,17H,9,11-13,16H2,1H3,(H2,32,33,35). The molecule has 0 saturated carbocycles. The molecule has 4 rings (SSSR count). The van der Waals surface area contributed by atoms with Crippen molar-refractivity contribution in [1.82, 2.24) is 4.98 Å². The van der Waals surface area contributed by atoms with Gasteiger partial charge in [-0.1, -0.05) is 11.6 Å². The van der Waals surface area contributed by atoms with E-state index < -0.39 is 22.8 Å². The summed E-state index contributed by atoms with van der Waals surface area (Å²) < 4.78 is 49.9. The molecule has 0 spiro atoms. The summed E-state index contributed by atoms with van der Waals surface area (Å²) in [5, 5.41) is 4.60. The highest BCUT2D eigenvalue weighted by Gasteiger charge is 2.33. The molecule has 2 heterocycles. The van der Waals surface area contributed by atoms with Crippen molar-refractivity contribution in [2.45, 2.75) is 18.5 Å². The number of urea groups is 1. The third-order valence-corrected chi connectivity index (χ3v) is 6.30. The first kappa shape index (κ1) is 26.7. The van der Waals surface area contributed by atoms with Crippen LogP contribution in [-0.2, 0) is 15.7 Å². The Balaban J connectivity index is 1.38. The van der Waals surface area contributed by atoms with Gasteiger partial charge in [-0.3, -0.25) is 4.98 Å². The molecule has 196 valence electrons. The minimum absolute atomic E-state index is 0.0238. The summed E-state index contributed by atoms with van der Waals surface area (Å²) in [6, 6.07) is 11.7. The highest BCUT2D eigenvalue weighted by Crippen LogP contribution is 2.42. The molecule has 1 atom stereocenters. The number of hydrogen-bond acceptors (Lipinski definition) is 5. The molecule has 3 aromatic rings. The minimum Gasteiger partial charge on any atom is -0.382 e. The van der Waals surface area contributed by atoms with Crippen molar-refractivity contribution in [3.63, 3.8) is 0 Å². The van der Waals surface area contributed by atoms with Gasteiger partial charge in [-0.15, -0.1) is 0 Å². The Hall–Kier alpha value is -3.34. The summed E-state index contributed by atoms with van der Waals surface area (Å²) in [6.45, 7) is 2.50. The van der Waals surface area contributed by atoms with Gasteiger partial charge in [0.1, 0.15) is 0 Å². The number of fused-ring (bicyclic) bond motifs is 1. The lowest BCUT2D eigenvalue weighted by molar-refractivity contribution is -0.137. The van der Waals surface area contributed by atoms with Crippen LogP contribution in [0.2, 0.25) is 5.02 Å². The first-order valence-electron chi connectivity index (χ1n) is 11.6. The third kappa shape index (κ3) is 6.71.